The van der Waals surface area contributed by atoms with Gasteiger partial charge in [0.15, 0.2) is 17.5 Å². The molecule has 0 atom stereocenters. The summed E-state index contributed by atoms with van der Waals surface area (Å²) in [6, 6.07) is 1.05. The minimum absolute atomic E-state index is 0.202. The fourth-order valence-corrected chi connectivity index (χ4v) is 2.34. The molecule has 0 saturated heterocycles. The standard InChI is InChI=1S/C11H9F3N4O2S/c1-15-11-16-4-7(5-17-11)21(19,20)18-6-2-8(12)10(14)9(13)3-6/h2-5,18H,1H3,(H,15,16,17). The van der Waals surface area contributed by atoms with Crippen molar-refractivity contribution in [2.24, 2.45) is 0 Å². The smallest absolute Gasteiger partial charge is 0.264 e. The van der Waals surface area contributed by atoms with Gasteiger partial charge in [-0.25, -0.2) is 31.6 Å². The van der Waals surface area contributed by atoms with Crippen molar-refractivity contribution in [2.45, 2.75) is 4.90 Å². The number of hydrogen-bond acceptors (Lipinski definition) is 5. The first-order chi connectivity index (χ1) is 9.83. The lowest BCUT2D eigenvalue weighted by Crippen LogP contribution is -2.14. The second-order valence-corrected chi connectivity index (χ2v) is 5.53. The quantitative estimate of drug-likeness (QED) is 0.839. The molecule has 2 rings (SSSR count). The van der Waals surface area contributed by atoms with Crippen molar-refractivity contribution in [1.29, 1.82) is 0 Å². The zero-order valence-corrected chi connectivity index (χ0v) is 11.4. The summed E-state index contributed by atoms with van der Waals surface area (Å²) in [6.07, 6.45) is 2.02. The van der Waals surface area contributed by atoms with Gasteiger partial charge in [-0.05, 0) is 0 Å². The number of halogens is 3. The molecule has 6 nitrogen and oxygen atoms in total. The molecular weight excluding hydrogens is 309 g/mol. The SMILES string of the molecule is CNc1ncc(S(=O)(=O)Nc2cc(F)c(F)c(F)c2)cn1. The van der Waals surface area contributed by atoms with Crippen LogP contribution in [0.3, 0.4) is 0 Å². The maximum atomic E-state index is 13.0. The first kappa shape index (κ1) is 15.0. The Kier molecular flexibility index (Phi) is 3.98. The Hall–Kier alpha value is -2.36. The molecular formula is C11H9F3N4O2S. The van der Waals surface area contributed by atoms with E-state index in [0.717, 1.165) is 12.4 Å². The fraction of sp³-hybridized carbons (Fsp3) is 0.0909. The lowest BCUT2D eigenvalue weighted by atomic mass is 10.3. The minimum atomic E-state index is -4.14. The van der Waals surface area contributed by atoms with Gasteiger partial charge >= 0.3 is 0 Å². The average Bonchev–Trinajstić information content (AvgIpc) is 2.44. The van der Waals surface area contributed by atoms with Gasteiger partial charge in [-0.3, -0.25) is 4.72 Å². The third-order valence-electron chi connectivity index (χ3n) is 2.40. The third kappa shape index (κ3) is 3.21. The molecule has 0 fully saturated rings. The van der Waals surface area contributed by atoms with Gasteiger partial charge in [-0.2, -0.15) is 0 Å². The molecule has 0 amide bonds. The van der Waals surface area contributed by atoms with Crippen molar-refractivity contribution >= 4 is 21.7 Å². The number of nitrogens with one attached hydrogen (secondary N) is 2. The zero-order valence-electron chi connectivity index (χ0n) is 10.6. The normalized spacial score (nSPS) is 11.2. The van der Waals surface area contributed by atoms with Crippen LogP contribution in [-0.4, -0.2) is 25.4 Å². The molecule has 2 N–H and O–H groups in total. The van der Waals surface area contributed by atoms with Crippen LogP contribution >= 0.6 is 0 Å². The maximum absolute atomic E-state index is 13.0. The molecule has 1 heterocycles. The number of hydrogen-bond donors (Lipinski definition) is 2. The number of rotatable bonds is 4. The molecule has 21 heavy (non-hydrogen) atoms. The Morgan fingerprint density at radius 1 is 1.05 bits per heavy atom. The van der Waals surface area contributed by atoms with Crippen LogP contribution in [0.25, 0.3) is 0 Å². The van der Waals surface area contributed by atoms with E-state index in [1.165, 1.54) is 0 Å². The van der Waals surface area contributed by atoms with E-state index in [1.807, 2.05) is 4.72 Å². The van der Waals surface area contributed by atoms with Crippen LogP contribution < -0.4 is 10.0 Å². The predicted octanol–water partition coefficient (Wildman–Crippen LogP) is 1.74. The lowest BCUT2D eigenvalue weighted by molar-refractivity contribution is 0.448. The minimum Gasteiger partial charge on any atom is -0.357 e. The number of anilines is 2. The van der Waals surface area contributed by atoms with Gasteiger partial charge in [0.25, 0.3) is 10.0 Å². The van der Waals surface area contributed by atoms with E-state index in [9.17, 15) is 21.6 Å². The maximum Gasteiger partial charge on any atom is 0.264 e. The summed E-state index contributed by atoms with van der Waals surface area (Å²) in [6.45, 7) is 0. The Balaban J connectivity index is 2.32. The average molecular weight is 318 g/mol. The van der Waals surface area contributed by atoms with E-state index in [2.05, 4.69) is 15.3 Å². The molecule has 0 unspecified atom stereocenters. The van der Waals surface area contributed by atoms with Crippen molar-refractivity contribution in [3.8, 4) is 0 Å². The van der Waals surface area contributed by atoms with Crippen LogP contribution in [0.5, 0.6) is 0 Å². The molecule has 0 aliphatic heterocycles. The third-order valence-corrected chi connectivity index (χ3v) is 3.73. The monoisotopic (exact) mass is 318 g/mol. The Labute approximate surface area is 118 Å². The largest absolute Gasteiger partial charge is 0.357 e. The van der Waals surface area contributed by atoms with Crippen LogP contribution in [-0.2, 0) is 10.0 Å². The fourth-order valence-electron chi connectivity index (χ4n) is 1.41. The summed E-state index contributed by atoms with van der Waals surface area (Å²) in [5.41, 5.74) is -0.455. The molecule has 2 aromatic rings. The summed E-state index contributed by atoms with van der Waals surface area (Å²) in [7, 11) is -2.60. The van der Waals surface area contributed by atoms with E-state index >= 15 is 0 Å². The molecule has 0 radical (unpaired) electrons. The topological polar surface area (TPSA) is 84.0 Å². The van der Waals surface area contributed by atoms with Crippen LogP contribution in [0, 0.1) is 17.5 Å². The molecule has 0 aliphatic rings. The zero-order chi connectivity index (χ0) is 15.6. The number of sulfonamides is 1. The molecule has 112 valence electrons. The summed E-state index contributed by atoms with van der Waals surface area (Å²) in [5.74, 6) is -4.49. The Bertz CT molecular complexity index is 743. The molecule has 0 aliphatic carbocycles. The Morgan fingerprint density at radius 3 is 2.05 bits per heavy atom. The van der Waals surface area contributed by atoms with Gasteiger partial charge in [-0.15, -0.1) is 0 Å². The highest BCUT2D eigenvalue weighted by Gasteiger charge is 2.18. The number of aromatic nitrogens is 2. The molecule has 0 saturated carbocycles. The first-order valence-electron chi connectivity index (χ1n) is 5.50. The first-order valence-corrected chi connectivity index (χ1v) is 6.99. The lowest BCUT2D eigenvalue weighted by Gasteiger charge is -2.08. The van der Waals surface area contributed by atoms with Crippen molar-refractivity contribution < 1.29 is 21.6 Å². The second-order valence-electron chi connectivity index (χ2n) is 3.85. The van der Waals surface area contributed by atoms with E-state index < -0.39 is 33.2 Å². The highest BCUT2D eigenvalue weighted by atomic mass is 32.2. The van der Waals surface area contributed by atoms with E-state index in [1.54, 1.807) is 7.05 Å². The van der Waals surface area contributed by atoms with Crippen LogP contribution in [0.15, 0.2) is 29.4 Å². The van der Waals surface area contributed by atoms with Gasteiger partial charge in [0.1, 0.15) is 4.90 Å². The van der Waals surface area contributed by atoms with Crippen LogP contribution in [0.4, 0.5) is 24.8 Å². The van der Waals surface area contributed by atoms with Crippen molar-refractivity contribution in [3.05, 3.63) is 42.0 Å². The van der Waals surface area contributed by atoms with Crippen LogP contribution in [0.2, 0.25) is 0 Å². The highest BCUT2D eigenvalue weighted by molar-refractivity contribution is 7.92. The van der Waals surface area contributed by atoms with Crippen LogP contribution in [0.1, 0.15) is 0 Å². The van der Waals surface area contributed by atoms with E-state index in [0.29, 0.717) is 12.1 Å². The second kappa shape index (κ2) is 5.56. The number of benzene rings is 1. The molecule has 10 heteroatoms. The van der Waals surface area contributed by atoms with Gasteiger partial charge in [-0.1, -0.05) is 0 Å². The van der Waals surface area contributed by atoms with Gasteiger partial charge < -0.3 is 5.32 Å². The molecule has 1 aromatic carbocycles. The highest BCUT2D eigenvalue weighted by Crippen LogP contribution is 2.20. The number of nitrogens with zero attached hydrogens (tertiary/aromatic N) is 2. The van der Waals surface area contributed by atoms with Gasteiger partial charge in [0.05, 0.1) is 18.1 Å². The molecule has 0 bridgehead atoms. The van der Waals surface area contributed by atoms with E-state index in [4.69, 9.17) is 0 Å². The summed E-state index contributed by atoms with van der Waals surface area (Å²) < 4.78 is 64.7. The van der Waals surface area contributed by atoms with Crippen molar-refractivity contribution in [3.63, 3.8) is 0 Å². The van der Waals surface area contributed by atoms with Crippen molar-refractivity contribution in [2.75, 3.05) is 17.1 Å². The Morgan fingerprint density at radius 2 is 1.57 bits per heavy atom. The summed E-state index contributed by atoms with van der Waals surface area (Å²) in [4.78, 5) is 7.10. The van der Waals surface area contributed by atoms with Gasteiger partial charge in [0.2, 0.25) is 5.95 Å². The summed E-state index contributed by atoms with van der Waals surface area (Å²) >= 11 is 0. The van der Waals surface area contributed by atoms with Crippen molar-refractivity contribution in [1.82, 2.24) is 9.97 Å². The predicted molar refractivity (Wildman–Crippen MR) is 68.7 cm³/mol. The molecule has 1 aromatic heterocycles. The van der Waals surface area contributed by atoms with E-state index in [-0.39, 0.29) is 10.8 Å². The molecule has 0 spiro atoms. The summed E-state index contributed by atoms with van der Waals surface area (Å²) in [5, 5.41) is 2.60. The van der Waals surface area contributed by atoms with Gasteiger partial charge in [0, 0.05) is 19.2 Å².